The Morgan fingerprint density at radius 1 is 0.925 bits per heavy atom. The summed E-state index contributed by atoms with van der Waals surface area (Å²) in [6.07, 6.45) is 2.69. The number of aromatic hydroxyl groups is 2. The van der Waals surface area contributed by atoms with Gasteiger partial charge in [-0.3, -0.25) is 14.4 Å². The molecule has 10 N–H and O–H groups in total. The third-order valence-electron chi connectivity index (χ3n) is 7.68. The third-order valence-corrected chi connectivity index (χ3v) is 7.68. The highest BCUT2D eigenvalue weighted by Crippen LogP contribution is 2.31. The lowest BCUT2D eigenvalue weighted by molar-refractivity contribution is -0.132. The Balaban J connectivity index is 1.69. The van der Waals surface area contributed by atoms with Crippen LogP contribution < -0.4 is 32.7 Å². The second kappa shape index (κ2) is 13.6. The van der Waals surface area contributed by atoms with Crippen molar-refractivity contribution in [1.29, 1.82) is 0 Å². The summed E-state index contributed by atoms with van der Waals surface area (Å²) in [7, 11) is 0. The summed E-state index contributed by atoms with van der Waals surface area (Å²) in [6.45, 7) is 2.58. The van der Waals surface area contributed by atoms with Gasteiger partial charge in [0.25, 0.3) is 0 Å². The van der Waals surface area contributed by atoms with E-state index < -0.39 is 29.9 Å². The van der Waals surface area contributed by atoms with E-state index in [2.05, 4.69) is 21.3 Å². The average Bonchev–Trinajstić information content (AvgIpc) is 2.95. The van der Waals surface area contributed by atoms with Gasteiger partial charge in [-0.15, -0.1) is 0 Å². The second-order valence-electron chi connectivity index (χ2n) is 10.7. The van der Waals surface area contributed by atoms with Crippen molar-refractivity contribution in [2.45, 2.75) is 56.7 Å². The average molecular weight is 553 g/mol. The third kappa shape index (κ3) is 7.50. The minimum absolute atomic E-state index is 0.00164. The number of benzene rings is 2. The molecule has 216 valence electrons. The van der Waals surface area contributed by atoms with Gasteiger partial charge < -0.3 is 42.9 Å². The number of nitrogens with one attached hydrogen (secondary N) is 4. The van der Waals surface area contributed by atoms with E-state index in [0.717, 1.165) is 37.1 Å². The summed E-state index contributed by atoms with van der Waals surface area (Å²) in [5.74, 6) is -1.13. The Bertz CT molecular complexity index is 1220. The number of fused-ring (bicyclic) bond motifs is 5. The van der Waals surface area contributed by atoms with Gasteiger partial charge in [0.15, 0.2) is 0 Å². The number of phenolic OH excluding ortho intramolecular Hbond substituents is 2. The van der Waals surface area contributed by atoms with Crippen LogP contribution in [0.25, 0.3) is 11.1 Å². The molecule has 2 heterocycles. The molecule has 3 amide bonds. The van der Waals surface area contributed by atoms with Crippen molar-refractivity contribution in [1.82, 2.24) is 21.3 Å². The molecule has 2 aromatic rings. The summed E-state index contributed by atoms with van der Waals surface area (Å²) in [6, 6.07) is 7.05. The maximum atomic E-state index is 13.4. The van der Waals surface area contributed by atoms with Crippen LogP contribution in [-0.2, 0) is 27.2 Å². The van der Waals surface area contributed by atoms with Crippen LogP contribution in [0.5, 0.6) is 11.5 Å². The van der Waals surface area contributed by atoms with Gasteiger partial charge in [0.2, 0.25) is 17.7 Å². The first-order chi connectivity index (χ1) is 19.2. The normalized spacial score (nSPS) is 22.4. The highest BCUT2D eigenvalue weighted by Gasteiger charge is 2.30. The summed E-state index contributed by atoms with van der Waals surface area (Å²) < 4.78 is 0. The van der Waals surface area contributed by atoms with Crippen LogP contribution in [0, 0.1) is 5.92 Å². The van der Waals surface area contributed by atoms with Crippen molar-refractivity contribution < 1.29 is 24.6 Å². The van der Waals surface area contributed by atoms with Gasteiger partial charge >= 0.3 is 0 Å². The first-order valence-electron chi connectivity index (χ1n) is 13.9. The minimum Gasteiger partial charge on any atom is -0.508 e. The van der Waals surface area contributed by atoms with E-state index in [1.54, 1.807) is 30.3 Å². The molecular formula is C29H40N6O5. The number of hydrogen-bond donors (Lipinski definition) is 8. The lowest BCUT2D eigenvalue weighted by Gasteiger charge is -2.26. The Morgan fingerprint density at radius 3 is 2.17 bits per heavy atom. The molecule has 1 saturated heterocycles. The van der Waals surface area contributed by atoms with Crippen LogP contribution >= 0.6 is 0 Å². The zero-order valence-electron chi connectivity index (χ0n) is 22.6. The lowest BCUT2D eigenvalue weighted by atomic mass is 9.95. The number of phenols is 2. The predicted molar refractivity (Wildman–Crippen MR) is 151 cm³/mol. The standard InChI is InChI=1S/C29H40N6O5/c30-9-1-2-23-29(40)35-24(28(39)33-16-17-7-10-32-11-8-17)15-21-13-19(4-6-26(21)37)18-3-5-25(36)20(12-18)14-22(31)27(38)34-23/h3-6,12-13,17,22-24,32,36-37H,1-2,7-11,14-16,30-31H2,(H,33,39)(H,34,38)(H,35,40)/t22-,23+,24+/m1/s1. The van der Waals surface area contributed by atoms with Crippen LogP contribution in [0.15, 0.2) is 36.4 Å². The minimum atomic E-state index is -1.03. The van der Waals surface area contributed by atoms with Gasteiger partial charge in [-0.25, -0.2) is 0 Å². The fourth-order valence-electron chi connectivity index (χ4n) is 5.21. The molecule has 11 nitrogen and oxygen atoms in total. The van der Waals surface area contributed by atoms with E-state index in [9.17, 15) is 24.6 Å². The molecule has 40 heavy (non-hydrogen) atoms. The topological polar surface area (TPSA) is 192 Å². The number of amides is 3. The number of nitrogens with two attached hydrogens (primary N) is 2. The number of hydrogen-bond acceptors (Lipinski definition) is 8. The van der Waals surface area contributed by atoms with E-state index in [4.69, 9.17) is 11.5 Å². The van der Waals surface area contributed by atoms with Crippen molar-refractivity contribution >= 4 is 17.7 Å². The van der Waals surface area contributed by atoms with Crippen molar-refractivity contribution in [3.63, 3.8) is 0 Å². The molecule has 0 aromatic heterocycles. The SMILES string of the molecule is NCCC[C@@H]1NC(=O)[C@H](N)Cc2cc(ccc2O)-c2ccc(O)c(c2)C[C@@H](C(=O)NCC2CCNCC2)NC1=O. The van der Waals surface area contributed by atoms with E-state index in [1.807, 2.05) is 0 Å². The van der Waals surface area contributed by atoms with Gasteiger partial charge in [-0.2, -0.15) is 0 Å². The van der Waals surface area contributed by atoms with Gasteiger partial charge in [0.1, 0.15) is 23.6 Å². The molecule has 4 bridgehead atoms. The largest absolute Gasteiger partial charge is 0.508 e. The van der Waals surface area contributed by atoms with Crippen molar-refractivity contribution in [3.8, 4) is 22.6 Å². The van der Waals surface area contributed by atoms with Crippen molar-refractivity contribution in [2.24, 2.45) is 17.4 Å². The van der Waals surface area contributed by atoms with E-state index in [-0.39, 0.29) is 36.7 Å². The fourth-order valence-corrected chi connectivity index (χ4v) is 5.21. The zero-order chi connectivity index (χ0) is 28.6. The summed E-state index contributed by atoms with van der Waals surface area (Å²) >= 11 is 0. The molecule has 0 saturated carbocycles. The summed E-state index contributed by atoms with van der Waals surface area (Å²) in [5.41, 5.74) is 14.3. The van der Waals surface area contributed by atoms with E-state index in [1.165, 1.54) is 6.07 Å². The summed E-state index contributed by atoms with van der Waals surface area (Å²) in [5, 5.41) is 32.9. The number of rotatable bonds is 6. The molecule has 2 aliphatic rings. The number of carbonyl (C=O) groups excluding carboxylic acids is 3. The number of carbonyl (C=O) groups is 3. The highest BCUT2D eigenvalue weighted by atomic mass is 16.3. The maximum Gasteiger partial charge on any atom is 0.243 e. The summed E-state index contributed by atoms with van der Waals surface area (Å²) in [4.78, 5) is 39.9. The first-order valence-corrected chi connectivity index (χ1v) is 13.9. The Morgan fingerprint density at radius 2 is 1.55 bits per heavy atom. The van der Waals surface area contributed by atoms with Crippen LogP contribution in [0.2, 0.25) is 0 Å². The van der Waals surface area contributed by atoms with Crippen molar-refractivity contribution in [3.05, 3.63) is 47.5 Å². The first kappa shape index (κ1) is 29.3. The number of piperidine rings is 1. The molecule has 0 unspecified atom stereocenters. The molecule has 0 radical (unpaired) electrons. The molecule has 1 fully saturated rings. The molecular weight excluding hydrogens is 512 g/mol. The van der Waals surface area contributed by atoms with Gasteiger partial charge in [-0.05, 0) is 97.8 Å². The van der Waals surface area contributed by atoms with Crippen LogP contribution in [-0.4, -0.2) is 72.2 Å². The molecule has 11 heteroatoms. The maximum absolute atomic E-state index is 13.4. The molecule has 0 spiro atoms. The Hall–Kier alpha value is -3.67. The molecule has 0 aliphatic carbocycles. The second-order valence-corrected chi connectivity index (χ2v) is 10.7. The highest BCUT2D eigenvalue weighted by molar-refractivity contribution is 5.93. The lowest BCUT2D eigenvalue weighted by Crippen LogP contribution is -2.56. The predicted octanol–water partition coefficient (Wildman–Crippen LogP) is 0.0150. The Labute approximate surface area is 234 Å². The van der Waals surface area contributed by atoms with E-state index in [0.29, 0.717) is 36.6 Å². The van der Waals surface area contributed by atoms with Gasteiger partial charge in [-0.1, -0.05) is 12.1 Å². The quantitative estimate of drug-likeness (QED) is 0.246. The van der Waals surface area contributed by atoms with Crippen LogP contribution in [0.1, 0.15) is 36.8 Å². The molecule has 2 aliphatic heterocycles. The van der Waals surface area contributed by atoms with Crippen LogP contribution in [0.4, 0.5) is 0 Å². The van der Waals surface area contributed by atoms with Gasteiger partial charge in [0.05, 0.1) is 6.04 Å². The Kier molecular flexibility index (Phi) is 9.97. The van der Waals surface area contributed by atoms with Crippen molar-refractivity contribution in [2.75, 3.05) is 26.2 Å². The zero-order valence-corrected chi connectivity index (χ0v) is 22.6. The van der Waals surface area contributed by atoms with Crippen LogP contribution in [0.3, 0.4) is 0 Å². The van der Waals surface area contributed by atoms with Gasteiger partial charge in [0, 0.05) is 19.4 Å². The smallest absolute Gasteiger partial charge is 0.243 e. The monoisotopic (exact) mass is 552 g/mol. The molecule has 2 aromatic carbocycles. The molecule has 4 rings (SSSR count). The van der Waals surface area contributed by atoms with E-state index >= 15 is 0 Å². The fraction of sp³-hybridized carbons (Fsp3) is 0.483. The molecule has 3 atom stereocenters.